The Morgan fingerprint density at radius 3 is 2.60 bits per heavy atom. The summed E-state index contributed by atoms with van der Waals surface area (Å²) in [6, 6.07) is 3.88. The number of hydrogen-bond donors (Lipinski definition) is 1. The molecule has 0 saturated carbocycles. The van der Waals surface area contributed by atoms with Crippen LogP contribution in [0.3, 0.4) is 0 Å². The lowest BCUT2D eigenvalue weighted by molar-refractivity contribution is -0.0534. The van der Waals surface area contributed by atoms with Gasteiger partial charge in [0.1, 0.15) is 0 Å². The third-order valence-electron chi connectivity index (χ3n) is 5.06. The van der Waals surface area contributed by atoms with E-state index in [1.807, 2.05) is 6.07 Å². The van der Waals surface area contributed by atoms with Gasteiger partial charge in [-0.25, -0.2) is 0 Å². The molecule has 3 rings (SSSR count). The molecule has 2 heterocycles. The van der Waals surface area contributed by atoms with E-state index in [1.54, 1.807) is 20.3 Å². The van der Waals surface area contributed by atoms with Crippen LogP contribution in [-0.4, -0.2) is 80.7 Å². The van der Waals surface area contributed by atoms with Gasteiger partial charge in [-0.3, -0.25) is 9.80 Å². The predicted octanol–water partition coefficient (Wildman–Crippen LogP) is 1.62. The van der Waals surface area contributed by atoms with E-state index in [0.29, 0.717) is 29.6 Å². The predicted molar refractivity (Wildman–Crippen MR) is 96.6 cm³/mol. The van der Waals surface area contributed by atoms with Crippen molar-refractivity contribution in [2.45, 2.75) is 25.1 Å². The van der Waals surface area contributed by atoms with E-state index in [4.69, 9.17) is 25.8 Å². The molecule has 2 atom stereocenters. The number of ether oxygens (including phenoxy) is 3. The van der Waals surface area contributed by atoms with Crippen molar-refractivity contribution in [3.8, 4) is 11.5 Å². The third-order valence-corrected chi connectivity index (χ3v) is 5.28. The summed E-state index contributed by atoms with van der Waals surface area (Å²) < 4.78 is 16.3. The van der Waals surface area contributed by atoms with E-state index in [1.165, 1.54) is 0 Å². The highest BCUT2D eigenvalue weighted by Crippen LogP contribution is 2.35. The fourth-order valence-corrected chi connectivity index (χ4v) is 4.06. The maximum atomic E-state index is 10.6. The maximum Gasteiger partial charge on any atom is 0.165 e. The standard InChI is InChI=1S/C18H27ClN2O4/c1-23-17-10-14(19)9-13(18(17)24-2)11-20-4-3-15(16(22)12-20)21-5-7-25-8-6-21/h9-10,15-16,22H,3-8,11-12H2,1-2H3/t15-,16-/m1/s1. The van der Waals surface area contributed by atoms with E-state index in [0.717, 1.165) is 44.8 Å². The molecule has 6 nitrogen and oxygen atoms in total. The number of methoxy groups -OCH3 is 2. The van der Waals surface area contributed by atoms with Gasteiger partial charge >= 0.3 is 0 Å². The summed E-state index contributed by atoms with van der Waals surface area (Å²) in [4.78, 5) is 4.60. The molecule has 0 aromatic heterocycles. The molecule has 1 aromatic carbocycles. The van der Waals surface area contributed by atoms with Gasteiger partial charge in [-0.1, -0.05) is 11.6 Å². The Morgan fingerprint density at radius 2 is 1.96 bits per heavy atom. The van der Waals surface area contributed by atoms with Crippen molar-refractivity contribution < 1.29 is 19.3 Å². The number of piperidine rings is 1. The minimum Gasteiger partial charge on any atom is -0.493 e. The topological polar surface area (TPSA) is 54.4 Å². The quantitative estimate of drug-likeness (QED) is 0.850. The van der Waals surface area contributed by atoms with Crippen LogP contribution < -0.4 is 9.47 Å². The third kappa shape index (κ3) is 4.38. The number of aliphatic hydroxyl groups excluding tert-OH is 1. The first kappa shape index (κ1) is 18.7. The van der Waals surface area contributed by atoms with E-state index < -0.39 is 0 Å². The van der Waals surface area contributed by atoms with Crippen molar-refractivity contribution in [3.63, 3.8) is 0 Å². The van der Waals surface area contributed by atoms with E-state index in [2.05, 4.69) is 9.80 Å². The van der Waals surface area contributed by atoms with Gasteiger partial charge in [-0.05, 0) is 12.5 Å². The summed E-state index contributed by atoms with van der Waals surface area (Å²) >= 11 is 6.21. The van der Waals surface area contributed by atoms with E-state index in [9.17, 15) is 5.11 Å². The van der Waals surface area contributed by atoms with Crippen molar-refractivity contribution in [1.29, 1.82) is 0 Å². The zero-order valence-corrected chi connectivity index (χ0v) is 15.7. The zero-order chi connectivity index (χ0) is 17.8. The number of rotatable bonds is 5. The lowest BCUT2D eigenvalue weighted by atomic mass is 9.99. The average Bonchev–Trinajstić information content (AvgIpc) is 2.62. The average molecular weight is 371 g/mol. The molecule has 0 unspecified atom stereocenters. The van der Waals surface area contributed by atoms with Gasteiger partial charge in [0.05, 0.1) is 33.5 Å². The van der Waals surface area contributed by atoms with Crippen molar-refractivity contribution in [2.24, 2.45) is 0 Å². The molecule has 1 aromatic rings. The Balaban J connectivity index is 1.66. The van der Waals surface area contributed by atoms with Crippen molar-refractivity contribution in [3.05, 3.63) is 22.7 Å². The molecule has 2 saturated heterocycles. The summed E-state index contributed by atoms with van der Waals surface area (Å²) in [7, 11) is 3.24. The van der Waals surface area contributed by atoms with Crippen LogP contribution in [0.5, 0.6) is 11.5 Å². The van der Waals surface area contributed by atoms with Gasteiger partial charge in [-0.2, -0.15) is 0 Å². The Morgan fingerprint density at radius 1 is 1.20 bits per heavy atom. The first-order valence-electron chi connectivity index (χ1n) is 8.75. The summed E-state index contributed by atoms with van der Waals surface area (Å²) in [5.41, 5.74) is 0.976. The summed E-state index contributed by atoms with van der Waals surface area (Å²) in [5.74, 6) is 1.34. The van der Waals surface area contributed by atoms with Crippen LogP contribution in [0.15, 0.2) is 12.1 Å². The number of benzene rings is 1. The number of β-amino-alcohol motifs (C(OH)–C–C–N with tert-alkyl or cyclic N) is 1. The van der Waals surface area contributed by atoms with Crippen molar-refractivity contribution >= 4 is 11.6 Å². The van der Waals surface area contributed by atoms with Crippen molar-refractivity contribution in [2.75, 3.05) is 53.6 Å². The largest absolute Gasteiger partial charge is 0.493 e. The lowest BCUT2D eigenvalue weighted by Crippen LogP contribution is -2.56. The van der Waals surface area contributed by atoms with Gasteiger partial charge in [0, 0.05) is 55.4 Å². The molecule has 1 N–H and O–H groups in total. The second kappa shape index (κ2) is 8.56. The molecule has 2 aliphatic rings. The van der Waals surface area contributed by atoms with Crippen LogP contribution >= 0.6 is 11.6 Å². The highest BCUT2D eigenvalue weighted by Gasteiger charge is 2.33. The smallest absolute Gasteiger partial charge is 0.165 e. The zero-order valence-electron chi connectivity index (χ0n) is 14.9. The van der Waals surface area contributed by atoms with Gasteiger partial charge in [0.2, 0.25) is 0 Å². The Kier molecular flexibility index (Phi) is 6.41. The lowest BCUT2D eigenvalue weighted by Gasteiger charge is -2.43. The molecule has 0 amide bonds. The number of likely N-dealkylation sites (tertiary alicyclic amines) is 1. The fraction of sp³-hybridized carbons (Fsp3) is 0.667. The summed E-state index contributed by atoms with van der Waals surface area (Å²) in [5, 5.41) is 11.3. The van der Waals surface area contributed by atoms with Crippen LogP contribution in [0.4, 0.5) is 0 Å². The number of nitrogens with zero attached hydrogens (tertiary/aromatic N) is 2. The molecule has 2 aliphatic heterocycles. The second-order valence-electron chi connectivity index (χ2n) is 6.61. The summed E-state index contributed by atoms with van der Waals surface area (Å²) in [6.45, 7) is 5.56. The van der Waals surface area contributed by atoms with Gasteiger partial charge in [0.15, 0.2) is 11.5 Å². The molecule has 0 spiro atoms. The molecule has 0 bridgehead atoms. The molecule has 25 heavy (non-hydrogen) atoms. The normalized spacial score (nSPS) is 25.8. The Bertz CT molecular complexity index is 580. The molecule has 2 fully saturated rings. The van der Waals surface area contributed by atoms with Crippen LogP contribution in [0, 0.1) is 0 Å². The number of halogens is 1. The first-order chi connectivity index (χ1) is 12.1. The van der Waals surface area contributed by atoms with Crippen LogP contribution in [0.1, 0.15) is 12.0 Å². The minimum absolute atomic E-state index is 0.218. The number of morpholine rings is 1. The fourth-order valence-electron chi connectivity index (χ4n) is 3.83. The van der Waals surface area contributed by atoms with E-state index >= 15 is 0 Å². The molecule has 0 radical (unpaired) electrons. The highest BCUT2D eigenvalue weighted by atomic mass is 35.5. The van der Waals surface area contributed by atoms with Crippen molar-refractivity contribution in [1.82, 2.24) is 9.80 Å². The van der Waals surface area contributed by atoms with Gasteiger partial charge < -0.3 is 19.3 Å². The highest BCUT2D eigenvalue weighted by molar-refractivity contribution is 6.30. The molecule has 140 valence electrons. The molecular formula is C18H27ClN2O4. The first-order valence-corrected chi connectivity index (χ1v) is 9.12. The second-order valence-corrected chi connectivity index (χ2v) is 7.04. The number of hydrogen-bond acceptors (Lipinski definition) is 6. The Hall–Kier alpha value is -1.05. The maximum absolute atomic E-state index is 10.6. The van der Waals surface area contributed by atoms with Crippen LogP contribution in [0.25, 0.3) is 0 Å². The minimum atomic E-state index is -0.362. The number of aliphatic hydroxyl groups is 1. The Labute approximate surface area is 154 Å². The van der Waals surface area contributed by atoms with Crippen LogP contribution in [0.2, 0.25) is 5.02 Å². The van der Waals surface area contributed by atoms with Gasteiger partial charge in [0.25, 0.3) is 0 Å². The molecular weight excluding hydrogens is 344 g/mol. The van der Waals surface area contributed by atoms with E-state index in [-0.39, 0.29) is 12.1 Å². The SMILES string of the molecule is COc1cc(Cl)cc(CN2CC[C@@H](N3CCOCC3)[C@H](O)C2)c1OC. The van der Waals surface area contributed by atoms with Gasteiger partial charge in [-0.15, -0.1) is 0 Å². The molecule has 0 aliphatic carbocycles. The van der Waals surface area contributed by atoms with Crippen LogP contribution in [-0.2, 0) is 11.3 Å². The molecule has 7 heteroatoms. The summed E-state index contributed by atoms with van der Waals surface area (Å²) in [6.07, 6.45) is 0.584. The monoisotopic (exact) mass is 370 g/mol.